The van der Waals surface area contributed by atoms with Crippen LogP contribution in [0.1, 0.15) is 52.9 Å². The Labute approximate surface area is 102 Å². The Hall–Kier alpha value is 0.137. The van der Waals surface area contributed by atoms with E-state index in [2.05, 4.69) is 46.2 Å². The molecule has 2 nitrogen and oxygen atoms in total. The minimum Gasteiger partial charge on any atom is -0.399 e. The lowest BCUT2D eigenvalue weighted by Crippen LogP contribution is -2.56. The van der Waals surface area contributed by atoms with Gasteiger partial charge in [-0.2, -0.15) is 0 Å². The summed E-state index contributed by atoms with van der Waals surface area (Å²) in [6, 6.07) is 0. The summed E-state index contributed by atoms with van der Waals surface area (Å²) in [5.74, 6) is 0. The zero-order valence-electron chi connectivity index (χ0n) is 11.9. The molecule has 1 N–H and O–H groups in total. The number of hydrogen-bond donors (Lipinski definition) is 1. The van der Waals surface area contributed by atoms with Gasteiger partial charge in [0.25, 0.3) is 0 Å². The van der Waals surface area contributed by atoms with Gasteiger partial charge in [-0.15, -0.1) is 0 Å². The molecule has 1 saturated carbocycles. The van der Waals surface area contributed by atoms with Crippen molar-refractivity contribution in [3.05, 3.63) is 0 Å². The van der Waals surface area contributed by atoms with Gasteiger partial charge in [0.05, 0.1) is 0 Å². The van der Waals surface area contributed by atoms with Crippen LogP contribution < -0.4 is 5.32 Å². The monoisotopic (exact) mass is 243 g/mol. The zero-order valence-corrected chi connectivity index (χ0v) is 12.9. The summed E-state index contributed by atoms with van der Waals surface area (Å²) in [6.07, 6.45) is 6.32. The summed E-state index contributed by atoms with van der Waals surface area (Å²) in [5, 5.41) is 3.76. The van der Waals surface area contributed by atoms with Gasteiger partial charge < -0.3 is 4.43 Å². The number of nitrogens with one attached hydrogen (secondary N) is 1. The first-order chi connectivity index (χ1) is 7.22. The SMILES string of the molecule is CNC1(O[Si](C)(C)C(C)(C)C)CCCCC1. The van der Waals surface area contributed by atoms with E-state index in [1.165, 1.54) is 32.1 Å². The molecule has 16 heavy (non-hydrogen) atoms. The maximum Gasteiger partial charge on any atom is 0.194 e. The van der Waals surface area contributed by atoms with E-state index in [0.717, 1.165) is 0 Å². The van der Waals surface area contributed by atoms with Crippen LogP contribution in [0, 0.1) is 0 Å². The summed E-state index contributed by atoms with van der Waals surface area (Å²) in [6.45, 7) is 11.6. The van der Waals surface area contributed by atoms with Crippen LogP contribution in [0.2, 0.25) is 18.1 Å². The smallest absolute Gasteiger partial charge is 0.194 e. The Balaban J connectivity index is 2.76. The Morgan fingerprint density at radius 1 is 1.06 bits per heavy atom. The summed E-state index contributed by atoms with van der Waals surface area (Å²) >= 11 is 0. The molecule has 3 heteroatoms. The van der Waals surface area contributed by atoms with Gasteiger partial charge in [-0.05, 0) is 50.9 Å². The third kappa shape index (κ3) is 3.08. The first-order valence-electron chi connectivity index (χ1n) is 6.62. The lowest BCUT2D eigenvalue weighted by Gasteiger charge is -2.47. The predicted octanol–water partition coefficient (Wildman–Crippen LogP) is 3.89. The lowest BCUT2D eigenvalue weighted by atomic mass is 9.92. The third-order valence-electron chi connectivity index (χ3n) is 4.37. The van der Waals surface area contributed by atoms with E-state index < -0.39 is 8.32 Å². The maximum absolute atomic E-state index is 6.61. The van der Waals surface area contributed by atoms with E-state index in [1.807, 2.05) is 0 Å². The largest absolute Gasteiger partial charge is 0.399 e. The highest BCUT2D eigenvalue weighted by molar-refractivity contribution is 6.74. The molecule has 1 rings (SSSR count). The molecule has 0 unspecified atom stereocenters. The molecular formula is C13H29NOSi. The van der Waals surface area contributed by atoms with Crippen LogP contribution in [0.4, 0.5) is 0 Å². The van der Waals surface area contributed by atoms with Gasteiger partial charge in [0.2, 0.25) is 0 Å². The van der Waals surface area contributed by atoms with Crippen LogP contribution in [0.5, 0.6) is 0 Å². The van der Waals surface area contributed by atoms with Crippen molar-refractivity contribution in [2.45, 2.75) is 76.7 Å². The van der Waals surface area contributed by atoms with E-state index in [1.54, 1.807) is 0 Å². The first-order valence-corrected chi connectivity index (χ1v) is 9.52. The van der Waals surface area contributed by atoms with Gasteiger partial charge in [0, 0.05) is 0 Å². The van der Waals surface area contributed by atoms with Crippen LogP contribution in [0.25, 0.3) is 0 Å². The lowest BCUT2D eigenvalue weighted by molar-refractivity contribution is -0.00836. The Bertz CT molecular complexity index is 227. The van der Waals surface area contributed by atoms with Crippen molar-refractivity contribution in [2.24, 2.45) is 0 Å². The fourth-order valence-electron chi connectivity index (χ4n) is 2.17. The van der Waals surface area contributed by atoms with E-state index >= 15 is 0 Å². The summed E-state index contributed by atoms with van der Waals surface area (Å²) in [5.41, 5.74) is -0.0265. The van der Waals surface area contributed by atoms with Gasteiger partial charge in [-0.1, -0.05) is 27.2 Å². The Morgan fingerprint density at radius 2 is 1.56 bits per heavy atom. The molecule has 0 spiro atoms. The standard InChI is InChI=1S/C13H29NOSi/c1-12(2,3)16(5,6)15-13(14-4)10-8-7-9-11-13/h14H,7-11H2,1-6H3. The molecule has 96 valence electrons. The minimum atomic E-state index is -1.65. The fraction of sp³-hybridized carbons (Fsp3) is 1.00. The quantitative estimate of drug-likeness (QED) is 0.600. The van der Waals surface area contributed by atoms with Crippen molar-refractivity contribution in [3.63, 3.8) is 0 Å². The van der Waals surface area contributed by atoms with E-state index in [4.69, 9.17) is 4.43 Å². The molecule has 0 saturated heterocycles. The minimum absolute atomic E-state index is 0.0265. The third-order valence-corrected chi connectivity index (χ3v) is 8.89. The van der Waals surface area contributed by atoms with Crippen molar-refractivity contribution < 1.29 is 4.43 Å². The molecule has 1 aliphatic rings. The van der Waals surface area contributed by atoms with Gasteiger partial charge in [0.15, 0.2) is 8.32 Å². The average molecular weight is 243 g/mol. The van der Waals surface area contributed by atoms with Gasteiger partial charge in [0.1, 0.15) is 5.72 Å². The van der Waals surface area contributed by atoms with Crippen molar-refractivity contribution in [2.75, 3.05) is 7.05 Å². The molecule has 1 aliphatic carbocycles. The molecule has 0 aromatic carbocycles. The topological polar surface area (TPSA) is 21.3 Å². The molecule has 0 radical (unpaired) electrons. The normalized spacial score (nSPS) is 22.1. The van der Waals surface area contributed by atoms with Crippen molar-refractivity contribution in [3.8, 4) is 0 Å². The molecular weight excluding hydrogens is 214 g/mol. The zero-order chi connectivity index (χ0) is 12.4. The molecule has 0 aliphatic heterocycles. The van der Waals surface area contributed by atoms with E-state index in [-0.39, 0.29) is 5.72 Å². The number of hydrogen-bond acceptors (Lipinski definition) is 2. The fourth-order valence-corrected chi connectivity index (χ4v) is 3.76. The van der Waals surface area contributed by atoms with Gasteiger partial charge >= 0.3 is 0 Å². The number of rotatable bonds is 3. The molecule has 0 amide bonds. The highest BCUT2D eigenvalue weighted by atomic mass is 28.4. The van der Waals surface area contributed by atoms with Crippen LogP contribution in [-0.2, 0) is 4.43 Å². The molecule has 0 aromatic rings. The van der Waals surface area contributed by atoms with Crippen LogP contribution in [-0.4, -0.2) is 21.1 Å². The summed E-state index contributed by atoms with van der Waals surface area (Å²) in [4.78, 5) is 0. The van der Waals surface area contributed by atoms with Crippen molar-refractivity contribution in [1.29, 1.82) is 0 Å². The Kier molecular flexibility index (Phi) is 4.25. The molecule has 0 heterocycles. The first kappa shape index (κ1) is 14.2. The second kappa shape index (κ2) is 4.79. The molecule has 0 aromatic heterocycles. The predicted molar refractivity (Wildman–Crippen MR) is 73.2 cm³/mol. The second-order valence-corrected chi connectivity index (χ2v) is 11.4. The molecule has 0 bridgehead atoms. The van der Waals surface area contributed by atoms with Crippen molar-refractivity contribution >= 4 is 8.32 Å². The maximum atomic E-state index is 6.61. The highest BCUT2D eigenvalue weighted by Gasteiger charge is 2.44. The van der Waals surface area contributed by atoms with Crippen LogP contribution in [0.15, 0.2) is 0 Å². The van der Waals surface area contributed by atoms with E-state index in [0.29, 0.717) is 5.04 Å². The van der Waals surface area contributed by atoms with Crippen LogP contribution >= 0.6 is 0 Å². The van der Waals surface area contributed by atoms with Crippen molar-refractivity contribution in [1.82, 2.24) is 5.32 Å². The van der Waals surface area contributed by atoms with Crippen LogP contribution in [0.3, 0.4) is 0 Å². The average Bonchev–Trinajstić information content (AvgIpc) is 2.17. The van der Waals surface area contributed by atoms with E-state index in [9.17, 15) is 0 Å². The highest BCUT2D eigenvalue weighted by Crippen LogP contribution is 2.41. The summed E-state index contributed by atoms with van der Waals surface area (Å²) in [7, 11) is 0.406. The van der Waals surface area contributed by atoms with Gasteiger partial charge in [-0.3, -0.25) is 5.32 Å². The second-order valence-electron chi connectivity index (χ2n) is 6.67. The summed E-state index contributed by atoms with van der Waals surface area (Å²) < 4.78 is 6.61. The molecule has 1 fully saturated rings. The van der Waals surface area contributed by atoms with Gasteiger partial charge in [-0.25, -0.2) is 0 Å². The Morgan fingerprint density at radius 3 is 1.94 bits per heavy atom. The molecule has 0 atom stereocenters.